The maximum Gasteiger partial charge on any atom is 0.311 e. The van der Waals surface area contributed by atoms with E-state index in [0.717, 1.165) is 69.2 Å². The third-order valence-electron chi connectivity index (χ3n) is 7.61. The van der Waals surface area contributed by atoms with E-state index in [9.17, 15) is 4.79 Å². The fraction of sp³-hybridized carbons (Fsp3) is 0.645. The number of hydrogen-bond acceptors (Lipinski definition) is 4. The molecule has 0 bridgehead atoms. The van der Waals surface area contributed by atoms with Gasteiger partial charge in [-0.25, -0.2) is 0 Å². The van der Waals surface area contributed by atoms with Gasteiger partial charge in [-0.1, -0.05) is 65.2 Å². The van der Waals surface area contributed by atoms with Gasteiger partial charge in [-0.2, -0.15) is 0 Å². The van der Waals surface area contributed by atoms with Crippen molar-refractivity contribution in [1.29, 1.82) is 0 Å². The van der Waals surface area contributed by atoms with Gasteiger partial charge in [0.05, 0.1) is 0 Å². The van der Waals surface area contributed by atoms with Crippen LogP contribution in [-0.2, 0) is 24.1 Å². The van der Waals surface area contributed by atoms with E-state index in [1.165, 1.54) is 41.7 Å². The lowest BCUT2D eigenvalue weighted by Gasteiger charge is -2.35. The zero-order valence-electron chi connectivity index (χ0n) is 22.6. The minimum Gasteiger partial charge on any atom is -0.426 e. The highest BCUT2D eigenvalue weighted by molar-refractivity contribution is 7.09. The minimum atomic E-state index is -0.0669. The molecular formula is C31H47NO2S. The largest absolute Gasteiger partial charge is 0.426 e. The molecule has 0 aliphatic heterocycles. The molecule has 0 fully saturated rings. The van der Waals surface area contributed by atoms with Crippen LogP contribution in [0, 0.1) is 11.8 Å². The van der Waals surface area contributed by atoms with Crippen LogP contribution < -0.4 is 4.74 Å². The van der Waals surface area contributed by atoms with E-state index in [-0.39, 0.29) is 5.97 Å². The lowest BCUT2D eigenvalue weighted by Crippen LogP contribution is -2.41. The fourth-order valence-corrected chi connectivity index (χ4v) is 6.16. The molecule has 1 aromatic carbocycles. The second kappa shape index (κ2) is 14.8. The van der Waals surface area contributed by atoms with E-state index < -0.39 is 0 Å². The molecule has 0 saturated heterocycles. The van der Waals surface area contributed by atoms with Crippen molar-refractivity contribution >= 4 is 17.3 Å². The number of benzene rings is 1. The van der Waals surface area contributed by atoms with Gasteiger partial charge in [0.15, 0.2) is 0 Å². The first-order valence-corrected chi connectivity index (χ1v) is 15.0. The van der Waals surface area contributed by atoms with Crippen molar-refractivity contribution in [3.05, 3.63) is 51.7 Å². The van der Waals surface area contributed by atoms with Crippen molar-refractivity contribution in [2.45, 2.75) is 104 Å². The Morgan fingerprint density at radius 3 is 2.69 bits per heavy atom. The topological polar surface area (TPSA) is 29.5 Å². The third-order valence-corrected chi connectivity index (χ3v) is 8.55. The maximum absolute atomic E-state index is 12.7. The van der Waals surface area contributed by atoms with Gasteiger partial charge < -0.3 is 4.74 Å². The Bertz CT molecular complexity index is 876. The standard InChI is InChI=1S/C31H47NO2S/c1-5-20-32(21-19-28-12-9-22-35-28)27-17-18-29-26(23-27)11-8-13-30(29)34-31(33)14-7-10-25(6-2)16-15-24(3)4/h8-9,11-13,22,24-25,27H,5-7,10,14-21,23H2,1-4H3. The van der Waals surface area contributed by atoms with Crippen LogP contribution in [0.2, 0.25) is 0 Å². The molecule has 0 amide bonds. The zero-order chi connectivity index (χ0) is 25.0. The Morgan fingerprint density at radius 1 is 1.11 bits per heavy atom. The van der Waals surface area contributed by atoms with Crippen molar-refractivity contribution < 1.29 is 9.53 Å². The number of carbonyl (C=O) groups is 1. The summed E-state index contributed by atoms with van der Waals surface area (Å²) in [6, 6.07) is 11.3. The molecule has 3 nitrogen and oxygen atoms in total. The van der Waals surface area contributed by atoms with Crippen LogP contribution in [0.15, 0.2) is 35.7 Å². The number of carbonyl (C=O) groups excluding carboxylic acids is 1. The minimum absolute atomic E-state index is 0.0669. The summed E-state index contributed by atoms with van der Waals surface area (Å²) in [5, 5.41) is 2.17. The number of rotatable bonds is 15. The van der Waals surface area contributed by atoms with Gasteiger partial charge in [-0.15, -0.1) is 11.3 Å². The number of nitrogens with zero attached hydrogens (tertiary/aromatic N) is 1. The van der Waals surface area contributed by atoms with Crippen LogP contribution in [0.3, 0.4) is 0 Å². The molecular weight excluding hydrogens is 450 g/mol. The average Bonchev–Trinajstić information content (AvgIpc) is 3.37. The molecule has 1 aromatic heterocycles. The van der Waals surface area contributed by atoms with E-state index in [0.29, 0.717) is 12.5 Å². The summed E-state index contributed by atoms with van der Waals surface area (Å²) >= 11 is 1.86. The monoisotopic (exact) mass is 497 g/mol. The molecule has 35 heavy (non-hydrogen) atoms. The Kier molecular flexibility index (Phi) is 11.8. The van der Waals surface area contributed by atoms with Gasteiger partial charge in [0.2, 0.25) is 0 Å². The second-order valence-electron chi connectivity index (χ2n) is 10.8. The summed E-state index contributed by atoms with van der Waals surface area (Å²) in [5.74, 6) is 2.23. The Balaban J connectivity index is 1.52. The summed E-state index contributed by atoms with van der Waals surface area (Å²) in [4.78, 5) is 16.8. The third kappa shape index (κ3) is 9.06. The van der Waals surface area contributed by atoms with Gasteiger partial charge in [0.25, 0.3) is 0 Å². The molecule has 1 aliphatic rings. The number of ether oxygens (including phenoxy) is 1. The first kappa shape index (κ1) is 27.9. The van der Waals surface area contributed by atoms with Gasteiger partial charge in [0, 0.05) is 23.9 Å². The first-order chi connectivity index (χ1) is 17.0. The Morgan fingerprint density at radius 2 is 1.97 bits per heavy atom. The lowest BCUT2D eigenvalue weighted by atomic mass is 9.86. The summed E-state index contributed by atoms with van der Waals surface area (Å²) in [5.41, 5.74) is 2.62. The van der Waals surface area contributed by atoms with Crippen LogP contribution in [0.25, 0.3) is 0 Å². The summed E-state index contributed by atoms with van der Waals surface area (Å²) in [7, 11) is 0. The maximum atomic E-state index is 12.7. The molecule has 2 aromatic rings. The summed E-state index contributed by atoms with van der Waals surface area (Å²) < 4.78 is 5.91. The van der Waals surface area contributed by atoms with Crippen LogP contribution in [-0.4, -0.2) is 30.0 Å². The molecule has 0 N–H and O–H groups in total. The molecule has 4 heteroatoms. The highest BCUT2D eigenvalue weighted by Crippen LogP contribution is 2.32. The lowest BCUT2D eigenvalue weighted by molar-refractivity contribution is -0.134. The van der Waals surface area contributed by atoms with Crippen molar-refractivity contribution in [2.24, 2.45) is 11.8 Å². The Labute approximate surface area is 218 Å². The number of hydrogen-bond donors (Lipinski definition) is 0. The molecule has 1 heterocycles. The van der Waals surface area contributed by atoms with Crippen molar-refractivity contribution in [3.63, 3.8) is 0 Å². The predicted octanol–water partition coefficient (Wildman–Crippen LogP) is 8.10. The average molecular weight is 498 g/mol. The number of esters is 1. The van der Waals surface area contributed by atoms with E-state index in [2.05, 4.69) is 62.2 Å². The van der Waals surface area contributed by atoms with Gasteiger partial charge in [-0.3, -0.25) is 9.69 Å². The van der Waals surface area contributed by atoms with Gasteiger partial charge >= 0.3 is 5.97 Å². The molecule has 194 valence electrons. The summed E-state index contributed by atoms with van der Waals surface area (Å²) in [6.07, 6.45) is 11.9. The van der Waals surface area contributed by atoms with E-state index in [1.807, 2.05) is 17.4 Å². The van der Waals surface area contributed by atoms with E-state index in [1.54, 1.807) is 0 Å². The highest BCUT2D eigenvalue weighted by atomic mass is 32.1. The number of thiophene rings is 1. The smallest absolute Gasteiger partial charge is 0.311 e. The molecule has 0 radical (unpaired) electrons. The summed E-state index contributed by atoms with van der Waals surface area (Å²) in [6.45, 7) is 11.4. The SMILES string of the molecule is CCCN(CCc1cccs1)C1CCc2c(cccc2OC(=O)CCCC(CC)CCC(C)C)C1. The van der Waals surface area contributed by atoms with Crippen molar-refractivity contribution in [2.75, 3.05) is 13.1 Å². The van der Waals surface area contributed by atoms with Gasteiger partial charge in [0.1, 0.15) is 5.75 Å². The number of fused-ring (bicyclic) bond motifs is 1. The van der Waals surface area contributed by atoms with Gasteiger partial charge in [-0.05, 0) is 92.0 Å². The molecule has 0 spiro atoms. The Hall–Kier alpha value is -1.65. The van der Waals surface area contributed by atoms with Crippen LogP contribution >= 0.6 is 11.3 Å². The van der Waals surface area contributed by atoms with Crippen LogP contribution in [0.5, 0.6) is 5.75 Å². The molecule has 1 aliphatic carbocycles. The van der Waals surface area contributed by atoms with Crippen LogP contribution in [0.4, 0.5) is 0 Å². The fourth-order valence-electron chi connectivity index (χ4n) is 5.46. The zero-order valence-corrected chi connectivity index (χ0v) is 23.4. The van der Waals surface area contributed by atoms with Crippen molar-refractivity contribution in [3.8, 4) is 5.75 Å². The first-order valence-electron chi connectivity index (χ1n) is 14.1. The van der Waals surface area contributed by atoms with Crippen molar-refractivity contribution in [1.82, 2.24) is 4.90 Å². The quantitative estimate of drug-likeness (QED) is 0.184. The normalized spacial score (nSPS) is 16.5. The molecule has 3 rings (SSSR count). The molecule has 2 unspecified atom stereocenters. The van der Waals surface area contributed by atoms with Crippen LogP contribution in [0.1, 0.15) is 95.1 Å². The highest BCUT2D eigenvalue weighted by Gasteiger charge is 2.26. The van der Waals surface area contributed by atoms with E-state index in [4.69, 9.17) is 4.74 Å². The molecule has 2 atom stereocenters. The predicted molar refractivity (Wildman–Crippen MR) is 149 cm³/mol. The molecule has 0 saturated carbocycles. The second-order valence-corrected chi connectivity index (χ2v) is 11.8. The van der Waals surface area contributed by atoms with E-state index >= 15 is 0 Å².